The molecule has 0 saturated carbocycles. The first-order valence-corrected chi connectivity index (χ1v) is 7.36. The molecule has 9 heteroatoms. The highest BCUT2D eigenvalue weighted by molar-refractivity contribution is 5.92. The van der Waals surface area contributed by atoms with Gasteiger partial charge in [0.1, 0.15) is 5.75 Å². The van der Waals surface area contributed by atoms with Crippen LogP contribution in [0.3, 0.4) is 0 Å². The SMILES string of the molecule is CC(=O)N1CCN(CC(=O)Nc2ccc(OC(F)(F)F)cc2)CC1. The molecule has 0 aromatic heterocycles. The molecule has 132 valence electrons. The van der Waals surface area contributed by atoms with E-state index >= 15 is 0 Å². The molecule has 6 nitrogen and oxygen atoms in total. The Kier molecular flexibility index (Phi) is 5.66. The Labute approximate surface area is 137 Å². The summed E-state index contributed by atoms with van der Waals surface area (Å²) in [6.07, 6.45) is -4.74. The van der Waals surface area contributed by atoms with Crippen LogP contribution in [0.4, 0.5) is 18.9 Å². The van der Waals surface area contributed by atoms with Crippen molar-refractivity contribution in [1.82, 2.24) is 9.80 Å². The molecular formula is C15H18F3N3O3. The molecule has 1 fully saturated rings. The number of nitrogens with one attached hydrogen (secondary N) is 1. The number of ether oxygens (including phenoxy) is 1. The average Bonchev–Trinajstić information content (AvgIpc) is 2.48. The highest BCUT2D eigenvalue weighted by Gasteiger charge is 2.31. The van der Waals surface area contributed by atoms with Crippen molar-refractivity contribution in [1.29, 1.82) is 0 Å². The molecule has 0 bridgehead atoms. The molecule has 1 aromatic carbocycles. The number of hydrogen-bond donors (Lipinski definition) is 1. The van der Waals surface area contributed by atoms with Crippen molar-refractivity contribution in [2.45, 2.75) is 13.3 Å². The van der Waals surface area contributed by atoms with Crippen molar-refractivity contribution < 1.29 is 27.5 Å². The van der Waals surface area contributed by atoms with Gasteiger partial charge in [-0.3, -0.25) is 14.5 Å². The van der Waals surface area contributed by atoms with Gasteiger partial charge in [0.2, 0.25) is 11.8 Å². The Morgan fingerprint density at radius 1 is 1.12 bits per heavy atom. The summed E-state index contributed by atoms with van der Waals surface area (Å²) >= 11 is 0. The first-order valence-electron chi connectivity index (χ1n) is 7.36. The quantitative estimate of drug-likeness (QED) is 0.902. The van der Waals surface area contributed by atoms with Crippen molar-refractivity contribution in [2.75, 3.05) is 38.0 Å². The number of anilines is 1. The van der Waals surface area contributed by atoms with Gasteiger partial charge in [-0.1, -0.05) is 0 Å². The van der Waals surface area contributed by atoms with Gasteiger partial charge in [-0.15, -0.1) is 13.2 Å². The summed E-state index contributed by atoms with van der Waals surface area (Å²) in [4.78, 5) is 26.8. The van der Waals surface area contributed by atoms with E-state index < -0.39 is 6.36 Å². The summed E-state index contributed by atoms with van der Waals surface area (Å²) in [7, 11) is 0. The number of rotatable bonds is 4. The third-order valence-electron chi connectivity index (χ3n) is 3.56. The fourth-order valence-electron chi connectivity index (χ4n) is 2.36. The number of carbonyl (C=O) groups is 2. The monoisotopic (exact) mass is 345 g/mol. The van der Waals surface area contributed by atoms with E-state index in [0.717, 1.165) is 12.1 Å². The standard InChI is InChI=1S/C15H18F3N3O3/c1-11(22)21-8-6-20(7-9-21)10-14(23)19-12-2-4-13(5-3-12)24-15(16,17)18/h2-5H,6-10H2,1H3,(H,19,23). The van der Waals surface area contributed by atoms with E-state index in [1.807, 2.05) is 4.90 Å². The van der Waals surface area contributed by atoms with Gasteiger partial charge in [-0.2, -0.15) is 0 Å². The molecule has 1 aliphatic heterocycles. The van der Waals surface area contributed by atoms with Gasteiger partial charge in [0.05, 0.1) is 6.54 Å². The van der Waals surface area contributed by atoms with Gasteiger partial charge >= 0.3 is 6.36 Å². The van der Waals surface area contributed by atoms with Crippen molar-refractivity contribution in [3.63, 3.8) is 0 Å². The van der Waals surface area contributed by atoms with Gasteiger partial charge in [0, 0.05) is 38.8 Å². The fourth-order valence-corrected chi connectivity index (χ4v) is 2.36. The van der Waals surface area contributed by atoms with Crippen LogP contribution in [0, 0.1) is 0 Å². The second-order valence-electron chi connectivity index (χ2n) is 5.40. The maximum absolute atomic E-state index is 12.1. The lowest BCUT2D eigenvalue weighted by Crippen LogP contribution is -2.49. The molecule has 1 saturated heterocycles. The Morgan fingerprint density at radius 2 is 1.71 bits per heavy atom. The molecule has 1 aromatic rings. The molecule has 2 rings (SSSR count). The van der Waals surface area contributed by atoms with E-state index in [-0.39, 0.29) is 24.1 Å². The Hall–Kier alpha value is -2.29. The molecule has 2 amide bonds. The number of carbonyl (C=O) groups excluding carboxylic acids is 2. The van der Waals surface area contributed by atoms with Gasteiger partial charge < -0.3 is 15.0 Å². The minimum atomic E-state index is -4.74. The minimum Gasteiger partial charge on any atom is -0.406 e. The van der Waals surface area contributed by atoms with Crippen LogP contribution in [-0.4, -0.2) is 60.7 Å². The van der Waals surface area contributed by atoms with Crippen LogP contribution in [0.2, 0.25) is 0 Å². The van der Waals surface area contributed by atoms with E-state index in [0.29, 0.717) is 31.9 Å². The van der Waals surface area contributed by atoms with E-state index in [1.54, 1.807) is 4.90 Å². The number of nitrogens with zero attached hydrogens (tertiary/aromatic N) is 2. The lowest BCUT2D eigenvalue weighted by atomic mass is 10.3. The normalized spacial score (nSPS) is 15.9. The van der Waals surface area contributed by atoms with Crippen LogP contribution in [-0.2, 0) is 9.59 Å². The molecule has 1 heterocycles. The minimum absolute atomic E-state index is 0.0141. The van der Waals surface area contributed by atoms with Gasteiger partial charge in [-0.25, -0.2) is 0 Å². The van der Waals surface area contributed by atoms with Crippen molar-refractivity contribution in [2.24, 2.45) is 0 Å². The first kappa shape index (κ1) is 18.1. The Bertz CT molecular complexity index is 582. The summed E-state index contributed by atoms with van der Waals surface area (Å²) in [6.45, 7) is 4.02. The van der Waals surface area contributed by atoms with Crippen molar-refractivity contribution >= 4 is 17.5 Å². The Balaban J connectivity index is 1.79. The second-order valence-corrected chi connectivity index (χ2v) is 5.40. The highest BCUT2D eigenvalue weighted by Crippen LogP contribution is 2.23. The van der Waals surface area contributed by atoms with E-state index in [4.69, 9.17) is 0 Å². The molecule has 24 heavy (non-hydrogen) atoms. The molecule has 1 aliphatic rings. The lowest BCUT2D eigenvalue weighted by molar-refractivity contribution is -0.274. The maximum atomic E-state index is 12.1. The van der Waals surface area contributed by atoms with Crippen LogP contribution in [0.15, 0.2) is 24.3 Å². The molecule has 0 aliphatic carbocycles. The fraction of sp³-hybridized carbons (Fsp3) is 0.467. The van der Waals surface area contributed by atoms with Crippen molar-refractivity contribution in [3.05, 3.63) is 24.3 Å². The zero-order valence-electron chi connectivity index (χ0n) is 13.1. The third kappa shape index (κ3) is 5.73. The summed E-state index contributed by atoms with van der Waals surface area (Å²) in [5.41, 5.74) is 0.386. The molecular weight excluding hydrogens is 327 g/mol. The maximum Gasteiger partial charge on any atom is 0.573 e. The Morgan fingerprint density at radius 3 is 2.21 bits per heavy atom. The van der Waals surface area contributed by atoms with Crippen LogP contribution in [0.1, 0.15) is 6.92 Å². The zero-order valence-corrected chi connectivity index (χ0v) is 13.1. The van der Waals surface area contributed by atoms with Crippen LogP contribution < -0.4 is 10.1 Å². The molecule has 0 spiro atoms. The molecule has 0 atom stereocenters. The second kappa shape index (κ2) is 7.52. The van der Waals surface area contributed by atoms with Crippen molar-refractivity contribution in [3.8, 4) is 5.75 Å². The third-order valence-corrected chi connectivity index (χ3v) is 3.56. The van der Waals surface area contributed by atoms with Gasteiger partial charge in [0.25, 0.3) is 0 Å². The van der Waals surface area contributed by atoms with Gasteiger partial charge in [0.15, 0.2) is 0 Å². The summed E-state index contributed by atoms with van der Waals surface area (Å²) in [5, 5.41) is 2.62. The van der Waals surface area contributed by atoms with E-state index in [1.165, 1.54) is 19.1 Å². The number of hydrogen-bond acceptors (Lipinski definition) is 4. The zero-order chi connectivity index (χ0) is 17.7. The largest absolute Gasteiger partial charge is 0.573 e. The predicted molar refractivity (Wildman–Crippen MR) is 80.4 cm³/mol. The van der Waals surface area contributed by atoms with Crippen LogP contribution >= 0.6 is 0 Å². The van der Waals surface area contributed by atoms with Crippen LogP contribution in [0.25, 0.3) is 0 Å². The van der Waals surface area contributed by atoms with Crippen LogP contribution in [0.5, 0.6) is 5.75 Å². The summed E-state index contributed by atoms with van der Waals surface area (Å²) in [6, 6.07) is 4.95. The molecule has 1 N–H and O–H groups in total. The summed E-state index contributed by atoms with van der Waals surface area (Å²) < 4.78 is 40.0. The number of piperazine rings is 1. The van der Waals surface area contributed by atoms with E-state index in [9.17, 15) is 22.8 Å². The molecule has 0 radical (unpaired) electrons. The number of amides is 2. The summed E-state index contributed by atoms with van der Waals surface area (Å²) in [5.74, 6) is -0.600. The topological polar surface area (TPSA) is 61.9 Å². The smallest absolute Gasteiger partial charge is 0.406 e. The number of halogens is 3. The first-order chi connectivity index (χ1) is 11.2. The predicted octanol–water partition coefficient (Wildman–Crippen LogP) is 1.69. The lowest BCUT2D eigenvalue weighted by Gasteiger charge is -2.33. The van der Waals surface area contributed by atoms with E-state index in [2.05, 4.69) is 10.1 Å². The average molecular weight is 345 g/mol. The number of alkyl halides is 3. The highest BCUT2D eigenvalue weighted by atomic mass is 19.4. The molecule has 0 unspecified atom stereocenters. The number of benzene rings is 1. The van der Waals surface area contributed by atoms with Gasteiger partial charge in [-0.05, 0) is 24.3 Å².